The average molecular weight is 306 g/mol. The van der Waals surface area contributed by atoms with E-state index in [4.69, 9.17) is 22.1 Å². The van der Waals surface area contributed by atoms with Crippen molar-refractivity contribution in [1.29, 1.82) is 0 Å². The second-order valence-electron chi connectivity index (χ2n) is 4.86. The molecule has 1 aromatic carbocycles. The molecule has 2 aromatic rings. The lowest BCUT2D eigenvalue weighted by Crippen LogP contribution is -2.18. The zero-order valence-corrected chi connectivity index (χ0v) is 13.1. The van der Waals surface area contributed by atoms with Crippen LogP contribution in [0.5, 0.6) is 5.88 Å². The van der Waals surface area contributed by atoms with Gasteiger partial charge in [-0.3, -0.25) is 0 Å². The molecular formula is C16H20ClN3O. The molecule has 0 bridgehead atoms. The van der Waals surface area contributed by atoms with E-state index in [0.29, 0.717) is 24.7 Å². The van der Waals surface area contributed by atoms with Crippen LogP contribution < -0.4 is 15.4 Å². The van der Waals surface area contributed by atoms with Crippen molar-refractivity contribution in [3.63, 3.8) is 0 Å². The van der Waals surface area contributed by atoms with E-state index in [1.807, 2.05) is 55.3 Å². The lowest BCUT2D eigenvalue weighted by molar-refractivity contribution is 0.307. The van der Waals surface area contributed by atoms with Gasteiger partial charge < -0.3 is 15.4 Å². The van der Waals surface area contributed by atoms with Gasteiger partial charge in [-0.25, -0.2) is 0 Å². The van der Waals surface area contributed by atoms with Crippen LogP contribution in [0.1, 0.15) is 18.9 Å². The van der Waals surface area contributed by atoms with Crippen LogP contribution in [0, 0.1) is 0 Å². The number of nitrogens with zero attached hydrogens (tertiary/aromatic N) is 2. The molecule has 1 aromatic heterocycles. The normalized spacial score (nSPS) is 10.4. The van der Waals surface area contributed by atoms with Gasteiger partial charge in [0.2, 0.25) is 5.88 Å². The zero-order chi connectivity index (χ0) is 15.2. The van der Waals surface area contributed by atoms with Crippen LogP contribution in [0.3, 0.4) is 0 Å². The molecule has 21 heavy (non-hydrogen) atoms. The van der Waals surface area contributed by atoms with Gasteiger partial charge in [0, 0.05) is 18.6 Å². The Balaban J connectivity index is 2.15. The monoisotopic (exact) mass is 305 g/mol. The highest BCUT2D eigenvalue weighted by Gasteiger charge is 2.09. The number of nitrogens with two attached hydrogens (primary N) is 1. The fourth-order valence-corrected chi connectivity index (χ4v) is 2.13. The van der Waals surface area contributed by atoms with Crippen LogP contribution in [0.25, 0.3) is 0 Å². The van der Waals surface area contributed by atoms with E-state index in [2.05, 4.69) is 4.98 Å². The Morgan fingerprint density at radius 2 is 2.00 bits per heavy atom. The van der Waals surface area contributed by atoms with E-state index in [0.717, 1.165) is 22.8 Å². The van der Waals surface area contributed by atoms with Crippen molar-refractivity contribution in [3.8, 4) is 5.88 Å². The highest BCUT2D eigenvalue weighted by molar-refractivity contribution is 6.31. The Labute approximate surface area is 130 Å². The smallest absolute Gasteiger partial charge is 0.239 e. The highest BCUT2D eigenvalue weighted by atomic mass is 35.5. The van der Waals surface area contributed by atoms with Crippen molar-refractivity contribution in [3.05, 3.63) is 47.0 Å². The van der Waals surface area contributed by atoms with E-state index in [1.165, 1.54) is 0 Å². The van der Waals surface area contributed by atoms with Crippen LogP contribution in [-0.4, -0.2) is 18.6 Å². The molecule has 0 fully saturated rings. The standard InChI is InChI=1S/C16H20ClN3O/c1-3-10-21-16-14(18)8-9-15(19-16)20(2)11-12-6-4-5-7-13(12)17/h4-9H,3,10-11,18H2,1-2H3. The molecule has 4 nitrogen and oxygen atoms in total. The third-order valence-corrected chi connectivity index (χ3v) is 3.44. The van der Waals surface area contributed by atoms with Crippen molar-refractivity contribution < 1.29 is 4.74 Å². The fourth-order valence-electron chi connectivity index (χ4n) is 1.93. The summed E-state index contributed by atoms with van der Waals surface area (Å²) in [5.74, 6) is 1.29. The number of ether oxygens (including phenoxy) is 1. The number of benzene rings is 1. The quantitative estimate of drug-likeness (QED) is 0.883. The van der Waals surface area contributed by atoms with E-state index < -0.39 is 0 Å². The number of pyridine rings is 1. The fraction of sp³-hybridized carbons (Fsp3) is 0.312. The molecule has 112 valence electrons. The van der Waals surface area contributed by atoms with Gasteiger partial charge in [0.05, 0.1) is 12.3 Å². The maximum Gasteiger partial charge on any atom is 0.239 e. The number of halogens is 1. The molecule has 1 heterocycles. The molecule has 2 rings (SSSR count). The Bertz CT molecular complexity index is 604. The van der Waals surface area contributed by atoms with Gasteiger partial charge in [0.15, 0.2) is 0 Å². The van der Waals surface area contributed by atoms with Crippen molar-refractivity contribution >= 4 is 23.1 Å². The Morgan fingerprint density at radius 3 is 2.71 bits per heavy atom. The van der Waals surface area contributed by atoms with Crippen LogP contribution in [0.15, 0.2) is 36.4 Å². The minimum Gasteiger partial charge on any atom is -0.476 e. The van der Waals surface area contributed by atoms with Gasteiger partial charge >= 0.3 is 0 Å². The summed E-state index contributed by atoms with van der Waals surface area (Å²) in [6, 6.07) is 11.5. The first-order valence-corrected chi connectivity index (χ1v) is 7.33. The summed E-state index contributed by atoms with van der Waals surface area (Å²) in [5.41, 5.74) is 7.49. The van der Waals surface area contributed by atoms with E-state index in [1.54, 1.807) is 0 Å². The highest BCUT2D eigenvalue weighted by Crippen LogP contribution is 2.25. The zero-order valence-electron chi connectivity index (χ0n) is 12.3. The molecule has 0 radical (unpaired) electrons. The third-order valence-electron chi connectivity index (χ3n) is 3.07. The van der Waals surface area contributed by atoms with Crippen molar-refractivity contribution in [2.24, 2.45) is 0 Å². The van der Waals surface area contributed by atoms with Gasteiger partial charge in [-0.1, -0.05) is 36.7 Å². The summed E-state index contributed by atoms with van der Waals surface area (Å²) >= 11 is 6.19. The lowest BCUT2D eigenvalue weighted by Gasteiger charge is -2.20. The maximum atomic E-state index is 6.19. The minimum absolute atomic E-state index is 0.486. The molecule has 0 aliphatic rings. The molecule has 0 atom stereocenters. The molecule has 5 heteroatoms. The molecule has 0 amide bonds. The number of nitrogen functional groups attached to an aromatic ring is 1. The van der Waals surface area contributed by atoms with Crippen molar-refractivity contribution in [2.45, 2.75) is 19.9 Å². The maximum absolute atomic E-state index is 6.19. The largest absolute Gasteiger partial charge is 0.476 e. The van der Waals surface area contributed by atoms with Crippen LogP contribution in [-0.2, 0) is 6.54 Å². The van der Waals surface area contributed by atoms with Gasteiger partial charge in [-0.15, -0.1) is 0 Å². The van der Waals surface area contributed by atoms with Gasteiger partial charge in [-0.05, 0) is 30.2 Å². The second kappa shape index (κ2) is 7.18. The summed E-state index contributed by atoms with van der Waals surface area (Å²) in [4.78, 5) is 6.48. The SMILES string of the molecule is CCCOc1nc(N(C)Cc2ccccc2Cl)ccc1N. The van der Waals surface area contributed by atoms with Gasteiger partial charge in [0.25, 0.3) is 0 Å². The second-order valence-corrected chi connectivity index (χ2v) is 5.27. The topological polar surface area (TPSA) is 51.4 Å². The summed E-state index contributed by atoms with van der Waals surface area (Å²) in [6.45, 7) is 3.32. The Kier molecular flexibility index (Phi) is 5.28. The molecule has 0 unspecified atom stereocenters. The first-order chi connectivity index (χ1) is 10.1. The summed E-state index contributed by atoms with van der Waals surface area (Å²) in [5, 5.41) is 0.752. The van der Waals surface area contributed by atoms with Crippen LogP contribution >= 0.6 is 11.6 Å². The predicted molar refractivity (Wildman–Crippen MR) is 88.0 cm³/mol. The number of hydrogen-bond acceptors (Lipinski definition) is 4. The van der Waals surface area contributed by atoms with Gasteiger partial charge in [0.1, 0.15) is 5.82 Å². The summed E-state index contributed by atoms with van der Waals surface area (Å²) < 4.78 is 5.56. The van der Waals surface area contributed by atoms with Crippen LogP contribution in [0.4, 0.5) is 11.5 Å². The van der Waals surface area contributed by atoms with E-state index in [9.17, 15) is 0 Å². The van der Waals surface area contributed by atoms with E-state index >= 15 is 0 Å². The Hall–Kier alpha value is -1.94. The molecule has 2 N–H and O–H groups in total. The van der Waals surface area contributed by atoms with Crippen molar-refractivity contribution in [2.75, 3.05) is 24.3 Å². The first-order valence-electron chi connectivity index (χ1n) is 6.95. The molecule has 0 saturated heterocycles. The number of aromatic nitrogens is 1. The minimum atomic E-state index is 0.486. The van der Waals surface area contributed by atoms with Crippen molar-refractivity contribution in [1.82, 2.24) is 4.98 Å². The summed E-state index contributed by atoms with van der Waals surface area (Å²) in [7, 11) is 1.96. The molecule has 0 spiro atoms. The Morgan fingerprint density at radius 1 is 1.24 bits per heavy atom. The molecule has 0 saturated carbocycles. The van der Waals surface area contributed by atoms with Gasteiger partial charge in [-0.2, -0.15) is 4.98 Å². The predicted octanol–water partition coefficient (Wildman–Crippen LogP) is 3.74. The molecular weight excluding hydrogens is 286 g/mol. The van der Waals surface area contributed by atoms with Crippen LogP contribution in [0.2, 0.25) is 5.02 Å². The number of rotatable bonds is 6. The van der Waals surface area contributed by atoms with E-state index in [-0.39, 0.29) is 0 Å². The third kappa shape index (κ3) is 4.02. The lowest BCUT2D eigenvalue weighted by atomic mass is 10.2. The number of anilines is 2. The average Bonchev–Trinajstić information content (AvgIpc) is 2.48. The summed E-state index contributed by atoms with van der Waals surface area (Å²) in [6.07, 6.45) is 0.917. The number of hydrogen-bond donors (Lipinski definition) is 1. The molecule has 0 aliphatic carbocycles. The first kappa shape index (κ1) is 15.4. The molecule has 0 aliphatic heterocycles.